The molecule has 0 saturated carbocycles. The zero-order chi connectivity index (χ0) is 8.97. The SMILES string of the molecule is [N-]=[N+]=N[C@H]1C=C[C@@H](C[N+](=O)[O-])C1. The van der Waals surface area contributed by atoms with E-state index < -0.39 is 0 Å². The minimum absolute atomic E-state index is 0.0736. The molecule has 0 saturated heterocycles. The third-order valence-electron chi connectivity index (χ3n) is 1.73. The quantitative estimate of drug-likeness (QED) is 0.159. The molecule has 0 bridgehead atoms. The van der Waals surface area contributed by atoms with Gasteiger partial charge in [0.05, 0.1) is 6.04 Å². The summed E-state index contributed by atoms with van der Waals surface area (Å²) in [6.07, 6.45) is 4.01. The first-order valence-corrected chi connectivity index (χ1v) is 3.56. The van der Waals surface area contributed by atoms with Gasteiger partial charge in [-0.2, -0.15) is 0 Å². The number of nitrogens with zero attached hydrogens (tertiary/aromatic N) is 4. The van der Waals surface area contributed by atoms with Gasteiger partial charge >= 0.3 is 0 Å². The van der Waals surface area contributed by atoms with Gasteiger partial charge in [0, 0.05) is 15.8 Å². The van der Waals surface area contributed by atoms with Crippen molar-refractivity contribution in [1.82, 2.24) is 0 Å². The molecule has 2 atom stereocenters. The molecule has 0 spiro atoms. The van der Waals surface area contributed by atoms with Crippen LogP contribution in [-0.2, 0) is 0 Å². The van der Waals surface area contributed by atoms with Crippen molar-refractivity contribution in [3.8, 4) is 0 Å². The highest BCUT2D eigenvalue weighted by Gasteiger charge is 2.21. The van der Waals surface area contributed by atoms with Crippen molar-refractivity contribution in [2.45, 2.75) is 12.5 Å². The summed E-state index contributed by atoms with van der Waals surface area (Å²) in [5.74, 6) is -0.0736. The van der Waals surface area contributed by atoms with Crippen molar-refractivity contribution in [3.63, 3.8) is 0 Å². The van der Waals surface area contributed by atoms with Gasteiger partial charge in [-0.3, -0.25) is 10.1 Å². The second-order valence-corrected chi connectivity index (χ2v) is 2.67. The number of hydrogen-bond acceptors (Lipinski definition) is 3. The standard InChI is InChI=1S/C6H8N4O2/c7-9-8-6-2-1-5(3-6)4-10(11)12/h1-2,5-6H,3-4H2/t5-,6+/m1/s1. The van der Waals surface area contributed by atoms with Crippen LogP contribution in [0.1, 0.15) is 6.42 Å². The summed E-state index contributed by atoms with van der Waals surface area (Å²) in [6, 6.07) is -0.194. The van der Waals surface area contributed by atoms with Gasteiger partial charge in [-0.1, -0.05) is 17.3 Å². The summed E-state index contributed by atoms with van der Waals surface area (Å²) in [5.41, 5.74) is 8.09. The highest BCUT2D eigenvalue weighted by Crippen LogP contribution is 2.20. The lowest BCUT2D eigenvalue weighted by atomic mass is 10.1. The molecule has 1 aliphatic carbocycles. The van der Waals surface area contributed by atoms with E-state index in [1.165, 1.54) is 0 Å². The Hall–Kier alpha value is -1.55. The number of nitro groups is 1. The van der Waals surface area contributed by atoms with Gasteiger partial charge < -0.3 is 0 Å². The Bertz CT molecular complexity index is 256. The molecule has 0 amide bonds. The van der Waals surface area contributed by atoms with Gasteiger partial charge in [0.25, 0.3) is 0 Å². The van der Waals surface area contributed by atoms with Gasteiger partial charge in [-0.05, 0) is 12.0 Å². The smallest absolute Gasteiger partial charge is 0.210 e. The molecular weight excluding hydrogens is 160 g/mol. The van der Waals surface area contributed by atoms with Crippen LogP contribution in [0.25, 0.3) is 10.4 Å². The Balaban J connectivity index is 2.42. The molecule has 0 aliphatic heterocycles. The van der Waals surface area contributed by atoms with Crippen LogP contribution in [0.2, 0.25) is 0 Å². The lowest BCUT2D eigenvalue weighted by molar-refractivity contribution is -0.485. The fourth-order valence-corrected chi connectivity index (χ4v) is 1.23. The van der Waals surface area contributed by atoms with E-state index in [1.54, 1.807) is 12.2 Å². The highest BCUT2D eigenvalue weighted by molar-refractivity contribution is 5.05. The van der Waals surface area contributed by atoms with Crippen LogP contribution < -0.4 is 0 Å². The summed E-state index contributed by atoms with van der Waals surface area (Å²) in [4.78, 5) is 12.4. The van der Waals surface area contributed by atoms with Crippen molar-refractivity contribution < 1.29 is 4.92 Å². The summed E-state index contributed by atoms with van der Waals surface area (Å²) >= 11 is 0. The van der Waals surface area contributed by atoms with Crippen molar-refractivity contribution >= 4 is 0 Å². The zero-order valence-corrected chi connectivity index (χ0v) is 6.33. The minimum atomic E-state index is -0.354. The van der Waals surface area contributed by atoms with Crippen LogP contribution in [0.5, 0.6) is 0 Å². The molecule has 1 aliphatic rings. The zero-order valence-electron chi connectivity index (χ0n) is 6.33. The number of hydrogen-bond donors (Lipinski definition) is 0. The Kier molecular flexibility index (Phi) is 2.66. The summed E-state index contributed by atoms with van der Waals surface area (Å²) in [6.45, 7) is -0.0754. The van der Waals surface area contributed by atoms with E-state index in [-0.39, 0.29) is 23.4 Å². The molecule has 0 N–H and O–H groups in total. The maximum atomic E-state index is 10.1. The molecule has 6 heteroatoms. The lowest BCUT2D eigenvalue weighted by Crippen LogP contribution is -2.11. The van der Waals surface area contributed by atoms with E-state index >= 15 is 0 Å². The van der Waals surface area contributed by atoms with E-state index in [0.717, 1.165) is 0 Å². The minimum Gasteiger partial charge on any atom is -0.265 e. The van der Waals surface area contributed by atoms with Gasteiger partial charge in [0.1, 0.15) is 0 Å². The molecule has 0 aromatic carbocycles. The van der Waals surface area contributed by atoms with E-state index in [0.29, 0.717) is 6.42 Å². The molecule has 0 heterocycles. The van der Waals surface area contributed by atoms with Crippen LogP contribution in [0.3, 0.4) is 0 Å². The summed E-state index contributed by atoms with van der Waals surface area (Å²) in [7, 11) is 0. The van der Waals surface area contributed by atoms with Crippen molar-refractivity contribution in [3.05, 3.63) is 32.7 Å². The Morgan fingerprint density at radius 1 is 1.75 bits per heavy atom. The Morgan fingerprint density at radius 2 is 2.50 bits per heavy atom. The van der Waals surface area contributed by atoms with E-state index in [9.17, 15) is 10.1 Å². The molecule has 0 aromatic heterocycles. The highest BCUT2D eigenvalue weighted by atomic mass is 16.6. The van der Waals surface area contributed by atoms with Gasteiger partial charge in [0.15, 0.2) is 0 Å². The van der Waals surface area contributed by atoms with Crippen molar-refractivity contribution in [2.24, 2.45) is 11.0 Å². The van der Waals surface area contributed by atoms with Crippen LogP contribution in [-0.4, -0.2) is 17.5 Å². The third kappa shape index (κ3) is 2.25. The molecule has 0 fully saturated rings. The maximum absolute atomic E-state index is 10.1. The predicted molar refractivity (Wildman–Crippen MR) is 42.0 cm³/mol. The Morgan fingerprint density at radius 3 is 3.08 bits per heavy atom. The van der Waals surface area contributed by atoms with Gasteiger partial charge in [-0.15, -0.1) is 0 Å². The van der Waals surface area contributed by atoms with Crippen LogP contribution in [0, 0.1) is 16.0 Å². The number of rotatable bonds is 3. The van der Waals surface area contributed by atoms with E-state index in [1.807, 2.05) is 0 Å². The topological polar surface area (TPSA) is 91.9 Å². The van der Waals surface area contributed by atoms with Gasteiger partial charge in [0.2, 0.25) is 6.54 Å². The Labute approximate surface area is 68.7 Å². The average molecular weight is 168 g/mol. The largest absolute Gasteiger partial charge is 0.265 e. The molecule has 0 radical (unpaired) electrons. The van der Waals surface area contributed by atoms with Gasteiger partial charge in [-0.25, -0.2) is 0 Å². The first kappa shape index (κ1) is 8.55. The third-order valence-corrected chi connectivity index (χ3v) is 1.73. The van der Waals surface area contributed by atoms with Crippen molar-refractivity contribution in [1.29, 1.82) is 0 Å². The van der Waals surface area contributed by atoms with E-state index in [4.69, 9.17) is 5.53 Å². The molecule has 6 nitrogen and oxygen atoms in total. The molecule has 64 valence electrons. The average Bonchev–Trinajstić information content (AvgIpc) is 2.36. The monoisotopic (exact) mass is 168 g/mol. The predicted octanol–water partition coefficient (Wildman–Crippen LogP) is 1.52. The molecular formula is C6H8N4O2. The summed E-state index contributed by atoms with van der Waals surface area (Å²) < 4.78 is 0. The summed E-state index contributed by atoms with van der Waals surface area (Å²) in [5, 5.41) is 13.5. The van der Waals surface area contributed by atoms with Crippen LogP contribution >= 0.6 is 0 Å². The normalized spacial score (nSPS) is 26.7. The van der Waals surface area contributed by atoms with Crippen LogP contribution in [0.4, 0.5) is 0 Å². The lowest BCUT2D eigenvalue weighted by Gasteiger charge is -2.01. The number of azide groups is 1. The fourth-order valence-electron chi connectivity index (χ4n) is 1.23. The van der Waals surface area contributed by atoms with Crippen LogP contribution in [0.15, 0.2) is 17.3 Å². The van der Waals surface area contributed by atoms with E-state index in [2.05, 4.69) is 10.0 Å². The molecule has 0 aromatic rings. The first-order valence-electron chi connectivity index (χ1n) is 3.56. The maximum Gasteiger partial charge on any atom is 0.210 e. The second-order valence-electron chi connectivity index (χ2n) is 2.67. The molecule has 12 heavy (non-hydrogen) atoms. The fraction of sp³-hybridized carbons (Fsp3) is 0.667. The second kappa shape index (κ2) is 3.73. The first-order chi connectivity index (χ1) is 5.72. The molecule has 1 rings (SSSR count). The molecule has 0 unspecified atom stereocenters. The van der Waals surface area contributed by atoms with Crippen molar-refractivity contribution in [2.75, 3.05) is 6.54 Å².